The van der Waals surface area contributed by atoms with Crippen molar-refractivity contribution < 1.29 is 19.4 Å². The molecule has 6 rings (SSSR count). The number of nitrogens with one attached hydrogen (secondary N) is 3. The summed E-state index contributed by atoms with van der Waals surface area (Å²) in [6.07, 6.45) is 5.14. The van der Waals surface area contributed by atoms with Gasteiger partial charge in [-0.1, -0.05) is 51.1 Å². The van der Waals surface area contributed by atoms with Gasteiger partial charge in [-0.05, 0) is 73.8 Å². The number of anilines is 1. The Morgan fingerprint density at radius 3 is 2.49 bits per heavy atom. The number of ether oxygens (including phenoxy) is 1. The highest BCUT2D eigenvalue weighted by molar-refractivity contribution is 6.02. The highest BCUT2D eigenvalue weighted by Crippen LogP contribution is 2.34. The number of H-pyrrole nitrogens is 2. The van der Waals surface area contributed by atoms with Crippen molar-refractivity contribution in [3.05, 3.63) is 54.5 Å². The molecule has 4 heterocycles. The zero-order chi connectivity index (χ0) is 33.2. The SMILES string of the molecule is COC(C)C(C)C(=O)N1CCCC1c1ncc(-c2ccc(-c3ccc4c(NC(=O)C5CCCN5C(O)CC(C)C)n[nH]c4c3)cc2)[nH]1. The van der Waals surface area contributed by atoms with E-state index in [1.807, 2.05) is 48.0 Å². The first-order chi connectivity index (χ1) is 22.6. The minimum absolute atomic E-state index is 0.0635. The summed E-state index contributed by atoms with van der Waals surface area (Å²) in [7, 11) is 1.64. The number of hydrogen-bond donors (Lipinski definition) is 4. The van der Waals surface area contributed by atoms with Gasteiger partial charge in [0.1, 0.15) is 12.1 Å². The summed E-state index contributed by atoms with van der Waals surface area (Å²) < 4.78 is 5.41. The fraction of sp³-hybridized carbons (Fsp3) is 0.500. The van der Waals surface area contributed by atoms with Crippen molar-refractivity contribution in [2.75, 3.05) is 25.5 Å². The predicted octanol–water partition coefficient (Wildman–Crippen LogP) is 5.72. The second kappa shape index (κ2) is 14.0. The molecular weight excluding hydrogens is 594 g/mol. The maximum Gasteiger partial charge on any atom is 0.243 e. The van der Waals surface area contributed by atoms with Crippen LogP contribution in [0.1, 0.15) is 71.7 Å². The van der Waals surface area contributed by atoms with E-state index < -0.39 is 6.23 Å². The van der Waals surface area contributed by atoms with E-state index in [0.717, 1.165) is 71.3 Å². The molecule has 5 unspecified atom stereocenters. The van der Waals surface area contributed by atoms with Gasteiger partial charge in [-0.25, -0.2) is 4.98 Å². The molecule has 2 amide bonds. The van der Waals surface area contributed by atoms with Crippen molar-refractivity contribution in [2.45, 2.75) is 84.2 Å². The molecule has 2 aliphatic rings. The van der Waals surface area contributed by atoms with Crippen molar-refractivity contribution in [3.8, 4) is 22.4 Å². The molecule has 5 atom stereocenters. The minimum Gasteiger partial charge on any atom is -0.381 e. The van der Waals surface area contributed by atoms with Crippen molar-refractivity contribution >= 4 is 28.5 Å². The first-order valence-corrected chi connectivity index (χ1v) is 16.9. The highest BCUT2D eigenvalue weighted by Gasteiger charge is 2.37. The van der Waals surface area contributed by atoms with Gasteiger partial charge in [0.15, 0.2) is 5.82 Å². The van der Waals surface area contributed by atoms with Crippen LogP contribution in [0.4, 0.5) is 5.82 Å². The number of aromatic amines is 2. The van der Waals surface area contributed by atoms with Crippen LogP contribution in [0.5, 0.6) is 0 Å². The van der Waals surface area contributed by atoms with Gasteiger partial charge in [0.25, 0.3) is 0 Å². The third-order valence-corrected chi connectivity index (χ3v) is 9.91. The lowest BCUT2D eigenvalue weighted by Crippen LogP contribution is -2.46. The van der Waals surface area contributed by atoms with E-state index in [1.165, 1.54) is 0 Å². The molecule has 11 heteroatoms. The summed E-state index contributed by atoms with van der Waals surface area (Å²) in [5.41, 5.74) is 4.82. The maximum atomic E-state index is 13.2. The minimum atomic E-state index is -0.624. The van der Waals surface area contributed by atoms with Gasteiger partial charge < -0.3 is 25.0 Å². The van der Waals surface area contributed by atoms with Gasteiger partial charge in [-0.15, -0.1) is 0 Å². The van der Waals surface area contributed by atoms with Gasteiger partial charge in [0.05, 0.1) is 41.5 Å². The third kappa shape index (κ3) is 6.83. The van der Waals surface area contributed by atoms with Gasteiger partial charge >= 0.3 is 0 Å². The fourth-order valence-corrected chi connectivity index (χ4v) is 6.95. The Kier molecular flexibility index (Phi) is 9.77. The molecule has 0 radical (unpaired) electrons. The Balaban J connectivity index is 1.12. The van der Waals surface area contributed by atoms with Gasteiger partial charge in [0, 0.05) is 25.6 Å². The molecule has 4 N–H and O–H groups in total. The lowest BCUT2D eigenvalue weighted by Gasteiger charge is -2.29. The van der Waals surface area contributed by atoms with Crippen molar-refractivity contribution in [1.29, 1.82) is 0 Å². The van der Waals surface area contributed by atoms with Crippen LogP contribution < -0.4 is 5.32 Å². The van der Waals surface area contributed by atoms with Gasteiger partial charge in [-0.2, -0.15) is 5.10 Å². The molecule has 4 aromatic rings. The first kappa shape index (κ1) is 32.9. The average Bonchev–Trinajstić information content (AvgIpc) is 3.89. The molecule has 2 aliphatic heterocycles. The Morgan fingerprint density at radius 1 is 1.02 bits per heavy atom. The lowest BCUT2D eigenvalue weighted by atomic mass is 10.0. The number of methoxy groups -OCH3 is 1. The average molecular weight is 642 g/mol. The molecule has 0 spiro atoms. The molecule has 11 nitrogen and oxygen atoms in total. The third-order valence-electron chi connectivity index (χ3n) is 9.91. The fourth-order valence-electron chi connectivity index (χ4n) is 6.95. The number of fused-ring (bicyclic) bond motifs is 1. The number of carbonyl (C=O) groups excluding carboxylic acids is 2. The molecule has 2 fully saturated rings. The Morgan fingerprint density at radius 2 is 1.74 bits per heavy atom. The van der Waals surface area contributed by atoms with E-state index in [0.29, 0.717) is 24.7 Å². The van der Waals surface area contributed by atoms with Crippen LogP contribution in [0, 0.1) is 11.8 Å². The molecule has 0 aliphatic carbocycles. The van der Waals surface area contributed by atoms with E-state index in [2.05, 4.69) is 63.6 Å². The standard InChI is InChI=1S/C36H47N7O4/c1-21(2)18-32(44)42-16-7-9-31(42)35(45)39-33-27-15-14-26(19-28(27)40-41-33)24-10-12-25(13-11-24)29-20-37-34(38-29)30-8-6-17-43(30)36(46)22(3)23(4)47-5/h10-15,19-23,30-32,44H,6-9,16-18H2,1-5H3,(H,37,38)(H2,39,40,41,45). The van der Waals surface area contributed by atoms with Gasteiger partial charge in [0.2, 0.25) is 11.8 Å². The molecule has 2 aromatic carbocycles. The Hall–Kier alpha value is -4.06. The molecule has 250 valence electrons. The second-order valence-electron chi connectivity index (χ2n) is 13.5. The summed E-state index contributed by atoms with van der Waals surface area (Å²) in [5.74, 6) is 1.41. The quantitative estimate of drug-likeness (QED) is 0.164. The molecule has 0 saturated carbocycles. The topological polar surface area (TPSA) is 139 Å². The van der Waals surface area contributed by atoms with Crippen LogP contribution >= 0.6 is 0 Å². The smallest absolute Gasteiger partial charge is 0.243 e. The van der Waals surface area contributed by atoms with Crippen molar-refractivity contribution in [1.82, 2.24) is 30.0 Å². The Labute approximate surface area is 276 Å². The van der Waals surface area contributed by atoms with E-state index >= 15 is 0 Å². The normalized spacial score (nSPS) is 20.6. The second-order valence-corrected chi connectivity index (χ2v) is 13.5. The van der Waals surface area contributed by atoms with Crippen LogP contribution in [0.3, 0.4) is 0 Å². The molecule has 2 saturated heterocycles. The van der Waals surface area contributed by atoms with E-state index in [1.54, 1.807) is 7.11 Å². The van der Waals surface area contributed by atoms with Crippen LogP contribution in [0.25, 0.3) is 33.3 Å². The zero-order valence-electron chi connectivity index (χ0n) is 28.0. The van der Waals surface area contributed by atoms with Crippen LogP contribution in [0.2, 0.25) is 0 Å². The van der Waals surface area contributed by atoms with Crippen molar-refractivity contribution in [2.24, 2.45) is 11.8 Å². The summed E-state index contributed by atoms with van der Waals surface area (Å²) in [4.78, 5) is 38.4. The number of aliphatic hydroxyl groups is 1. The van der Waals surface area contributed by atoms with E-state index in [4.69, 9.17) is 4.74 Å². The molecule has 0 bridgehead atoms. The zero-order valence-corrected chi connectivity index (χ0v) is 28.0. The molecule has 47 heavy (non-hydrogen) atoms. The van der Waals surface area contributed by atoms with Crippen LogP contribution in [0.15, 0.2) is 48.7 Å². The number of amides is 2. The van der Waals surface area contributed by atoms with Gasteiger partial charge in [-0.3, -0.25) is 19.6 Å². The summed E-state index contributed by atoms with van der Waals surface area (Å²) in [6.45, 7) is 9.44. The molecular formula is C36H47N7O4. The summed E-state index contributed by atoms with van der Waals surface area (Å²) >= 11 is 0. The van der Waals surface area contributed by atoms with E-state index in [-0.39, 0.29) is 35.9 Å². The lowest BCUT2D eigenvalue weighted by molar-refractivity contribution is -0.140. The number of imidazole rings is 1. The first-order valence-electron chi connectivity index (χ1n) is 16.9. The Bertz CT molecular complexity index is 1700. The monoisotopic (exact) mass is 641 g/mol. The largest absolute Gasteiger partial charge is 0.381 e. The van der Waals surface area contributed by atoms with Crippen LogP contribution in [-0.4, -0.2) is 85.5 Å². The summed E-state index contributed by atoms with van der Waals surface area (Å²) in [6, 6.07) is 13.9. The van der Waals surface area contributed by atoms with E-state index in [9.17, 15) is 14.7 Å². The number of aliphatic hydroxyl groups excluding tert-OH is 1. The number of aromatic nitrogens is 4. The summed E-state index contributed by atoms with van der Waals surface area (Å²) in [5, 5.41) is 22.0. The number of carbonyl (C=O) groups is 2. The van der Waals surface area contributed by atoms with Crippen molar-refractivity contribution in [3.63, 3.8) is 0 Å². The number of nitrogens with zero attached hydrogens (tertiary/aromatic N) is 4. The predicted molar refractivity (Wildman–Crippen MR) is 182 cm³/mol. The number of likely N-dealkylation sites (tertiary alicyclic amines) is 2. The number of benzene rings is 2. The molecule has 2 aromatic heterocycles. The number of rotatable bonds is 11. The van der Waals surface area contributed by atoms with Crippen LogP contribution in [-0.2, 0) is 14.3 Å². The number of hydrogen-bond acceptors (Lipinski definition) is 7. The highest BCUT2D eigenvalue weighted by atomic mass is 16.5. The maximum absolute atomic E-state index is 13.2.